The van der Waals surface area contributed by atoms with Crippen LogP contribution in [0.15, 0.2) is 30.3 Å². The topological polar surface area (TPSA) is 96.5 Å². The van der Waals surface area contributed by atoms with Gasteiger partial charge in [-0.3, -0.25) is 4.79 Å². The zero-order valence-electron chi connectivity index (χ0n) is 11.3. The standard InChI is InChI=1S/C15H15N3O3/c16-13(19)12-6-3-7-18(12)14-10-5-2-1-4-9(10)8-11(17-14)15(20)21/h1-2,4-5,8,12H,3,6-7H2,(H2,16,19)(H,20,21). The lowest BCUT2D eigenvalue weighted by Gasteiger charge is -2.25. The highest BCUT2D eigenvalue weighted by molar-refractivity contribution is 5.99. The maximum atomic E-state index is 11.6. The minimum absolute atomic E-state index is 0.0289. The molecule has 108 valence electrons. The maximum absolute atomic E-state index is 11.6. The number of aromatic nitrogens is 1. The third kappa shape index (κ3) is 2.29. The number of benzene rings is 1. The number of fused-ring (bicyclic) bond motifs is 1. The smallest absolute Gasteiger partial charge is 0.354 e. The average molecular weight is 285 g/mol. The number of anilines is 1. The van der Waals surface area contributed by atoms with E-state index in [1.165, 1.54) is 6.07 Å². The fourth-order valence-corrected chi connectivity index (χ4v) is 2.82. The van der Waals surface area contributed by atoms with Crippen molar-refractivity contribution >= 4 is 28.5 Å². The van der Waals surface area contributed by atoms with Gasteiger partial charge in [0.2, 0.25) is 5.91 Å². The summed E-state index contributed by atoms with van der Waals surface area (Å²) in [6.07, 6.45) is 1.50. The number of carboxylic acid groups (broad SMARTS) is 1. The highest BCUT2D eigenvalue weighted by Crippen LogP contribution is 2.31. The van der Waals surface area contributed by atoms with Crippen LogP contribution in [0.3, 0.4) is 0 Å². The summed E-state index contributed by atoms with van der Waals surface area (Å²) in [6, 6.07) is 8.53. The van der Waals surface area contributed by atoms with Crippen molar-refractivity contribution in [1.29, 1.82) is 0 Å². The van der Waals surface area contributed by atoms with Gasteiger partial charge in [0.25, 0.3) is 0 Å². The van der Waals surface area contributed by atoms with Crippen molar-refractivity contribution in [2.75, 3.05) is 11.4 Å². The third-order valence-corrected chi connectivity index (χ3v) is 3.79. The van der Waals surface area contributed by atoms with Crippen LogP contribution < -0.4 is 10.6 Å². The largest absolute Gasteiger partial charge is 0.477 e. The lowest BCUT2D eigenvalue weighted by atomic mass is 10.1. The monoisotopic (exact) mass is 285 g/mol. The van der Waals surface area contributed by atoms with E-state index in [4.69, 9.17) is 5.73 Å². The number of nitrogens with zero attached hydrogens (tertiary/aromatic N) is 2. The number of pyridine rings is 1. The van der Waals surface area contributed by atoms with E-state index >= 15 is 0 Å². The van der Waals surface area contributed by atoms with E-state index in [1.54, 1.807) is 0 Å². The Morgan fingerprint density at radius 2 is 2.10 bits per heavy atom. The first-order chi connectivity index (χ1) is 10.1. The number of amides is 1. The normalized spacial score (nSPS) is 18.1. The highest BCUT2D eigenvalue weighted by Gasteiger charge is 2.31. The number of carboxylic acids is 1. The zero-order valence-corrected chi connectivity index (χ0v) is 11.3. The van der Waals surface area contributed by atoms with Crippen molar-refractivity contribution in [2.24, 2.45) is 5.73 Å². The van der Waals surface area contributed by atoms with Gasteiger partial charge in [0.15, 0.2) is 5.69 Å². The molecule has 1 aliphatic rings. The SMILES string of the molecule is NC(=O)C1CCCN1c1nc(C(=O)O)cc2ccccc12. The number of aromatic carboxylic acids is 1. The van der Waals surface area contributed by atoms with Gasteiger partial charge in [-0.2, -0.15) is 0 Å². The third-order valence-electron chi connectivity index (χ3n) is 3.79. The quantitative estimate of drug-likeness (QED) is 0.888. The summed E-state index contributed by atoms with van der Waals surface area (Å²) in [6.45, 7) is 0.647. The number of carbonyl (C=O) groups is 2. The van der Waals surface area contributed by atoms with E-state index in [1.807, 2.05) is 29.2 Å². The molecular weight excluding hydrogens is 270 g/mol. The molecule has 3 N–H and O–H groups in total. The fourth-order valence-electron chi connectivity index (χ4n) is 2.82. The minimum atomic E-state index is -1.09. The Kier molecular flexibility index (Phi) is 3.21. The first-order valence-corrected chi connectivity index (χ1v) is 6.77. The van der Waals surface area contributed by atoms with Crippen molar-refractivity contribution in [1.82, 2.24) is 4.98 Å². The van der Waals surface area contributed by atoms with Crippen molar-refractivity contribution in [3.05, 3.63) is 36.0 Å². The molecule has 0 bridgehead atoms. The molecule has 6 heteroatoms. The van der Waals surface area contributed by atoms with Gasteiger partial charge in [0, 0.05) is 11.9 Å². The van der Waals surface area contributed by atoms with E-state index < -0.39 is 17.9 Å². The molecule has 1 saturated heterocycles. The number of nitrogens with two attached hydrogens (primary N) is 1. The molecule has 0 aliphatic carbocycles. The molecule has 21 heavy (non-hydrogen) atoms. The fraction of sp³-hybridized carbons (Fsp3) is 0.267. The molecule has 1 fully saturated rings. The lowest BCUT2D eigenvalue weighted by Crippen LogP contribution is -2.41. The van der Waals surface area contributed by atoms with Gasteiger partial charge in [-0.25, -0.2) is 9.78 Å². The Bertz CT molecular complexity index is 729. The second kappa shape index (κ2) is 5.05. The molecule has 1 amide bonds. The number of primary amides is 1. The molecule has 1 aromatic heterocycles. The van der Waals surface area contributed by atoms with Crippen molar-refractivity contribution in [3.8, 4) is 0 Å². The second-order valence-corrected chi connectivity index (χ2v) is 5.11. The highest BCUT2D eigenvalue weighted by atomic mass is 16.4. The van der Waals surface area contributed by atoms with Crippen LogP contribution in [-0.2, 0) is 4.79 Å². The molecule has 1 aromatic carbocycles. The predicted molar refractivity (Wildman–Crippen MR) is 78.3 cm³/mol. The van der Waals surface area contributed by atoms with Crippen LogP contribution in [-0.4, -0.2) is 34.6 Å². The van der Waals surface area contributed by atoms with Crippen molar-refractivity contribution < 1.29 is 14.7 Å². The molecule has 1 atom stereocenters. The second-order valence-electron chi connectivity index (χ2n) is 5.11. The molecule has 2 aromatic rings. The van der Waals surface area contributed by atoms with Gasteiger partial charge in [0.1, 0.15) is 11.9 Å². The van der Waals surface area contributed by atoms with E-state index in [-0.39, 0.29) is 5.69 Å². The average Bonchev–Trinajstić information content (AvgIpc) is 2.95. The van der Waals surface area contributed by atoms with Gasteiger partial charge in [-0.05, 0) is 24.3 Å². The van der Waals surface area contributed by atoms with Gasteiger partial charge < -0.3 is 15.7 Å². The Hall–Kier alpha value is -2.63. The van der Waals surface area contributed by atoms with Gasteiger partial charge in [-0.15, -0.1) is 0 Å². The van der Waals surface area contributed by atoms with E-state index in [0.717, 1.165) is 17.2 Å². The number of rotatable bonds is 3. The Morgan fingerprint density at radius 3 is 2.81 bits per heavy atom. The molecule has 0 saturated carbocycles. The van der Waals surface area contributed by atoms with Crippen LogP contribution >= 0.6 is 0 Å². The van der Waals surface area contributed by atoms with Gasteiger partial charge in [0.05, 0.1) is 0 Å². The first kappa shape index (κ1) is 13.4. The Morgan fingerprint density at radius 1 is 1.33 bits per heavy atom. The molecule has 3 rings (SSSR count). The molecule has 1 unspecified atom stereocenters. The molecule has 0 radical (unpaired) electrons. The summed E-state index contributed by atoms with van der Waals surface area (Å²) in [5.41, 5.74) is 5.41. The van der Waals surface area contributed by atoms with E-state index in [9.17, 15) is 14.7 Å². The van der Waals surface area contributed by atoms with Crippen LogP contribution in [0.1, 0.15) is 23.3 Å². The van der Waals surface area contributed by atoms with Crippen LogP contribution in [0, 0.1) is 0 Å². The van der Waals surface area contributed by atoms with Crippen molar-refractivity contribution in [2.45, 2.75) is 18.9 Å². The summed E-state index contributed by atoms with van der Waals surface area (Å²) >= 11 is 0. The summed E-state index contributed by atoms with van der Waals surface area (Å²) in [4.78, 5) is 28.9. The van der Waals surface area contributed by atoms with Crippen LogP contribution in [0.25, 0.3) is 10.8 Å². The zero-order chi connectivity index (χ0) is 15.0. The summed E-state index contributed by atoms with van der Waals surface area (Å²) in [7, 11) is 0. The van der Waals surface area contributed by atoms with Crippen molar-refractivity contribution in [3.63, 3.8) is 0 Å². The van der Waals surface area contributed by atoms with Crippen LogP contribution in [0.4, 0.5) is 5.82 Å². The Labute approximate surface area is 121 Å². The minimum Gasteiger partial charge on any atom is -0.477 e. The molecule has 6 nitrogen and oxygen atoms in total. The summed E-state index contributed by atoms with van der Waals surface area (Å²) in [5.74, 6) is -0.970. The lowest BCUT2D eigenvalue weighted by molar-refractivity contribution is -0.119. The summed E-state index contributed by atoms with van der Waals surface area (Å²) in [5, 5.41) is 10.8. The van der Waals surface area contributed by atoms with Gasteiger partial charge in [-0.1, -0.05) is 24.3 Å². The van der Waals surface area contributed by atoms with E-state index in [2.05, 4.69) is 4.98 Å². The van der Waals surface area contributed by atoms with E-state index in [0.29, 0.717) is 18.8 Å². The number of carbonyl (C=O) groups excluding carboxylic acids is 1. The van der Waals surface area contributed by atoms with Crippen LogP contribution in [0.2, 0.25) is 0 Å². The molecular formula is C15H15N3O3. The summed E-state index contributed by atoms with van der Waals surface area (Å²) < 4.78 is 0. The molecule has 2 heterocycles. The first-order valence-electron chi connectivity index (χ1n) is 6.77. The maximum Gasteiger partial charge on any atom is 0.354 e. The van der Waals surface area contributed by atoms with Gasteiger partial charge >= 0.3 is 5.97 Å². The molecule has 1 aliphatic heterocycles. The predicted octanol–water partition coefficient (Wildman–Crippen LogP) is 1.39. The number of hydrogen-bond acceptors (Lipinski definition) is 4. The number of hydrogen-bond donors (Lipinski definition) is 2. The van der Waals surface area contributed by atoms with Crippen LogP contribution in [0.5, 0.6) is 0 Å². The Balaban J connectivity index is 2.20. The molecule has 0 spiro atoms.